The average Bonchev–Trinajstić information content (AvgIpc) is 2.72. The number of rotatable bonds is 3. The summed E-state index contributed by atoms with van der Waals surface area (Å²) in [4.78, 5) is 11.0. The Hall–Kier alpha value is -1.52. The van der Waals surface area contributed by atoms with Gasteiger partial charge in [0.05, 0.1) is 0 Å². The second kappa shape index (κ2) is 4.77. The number of carboxylic acids is 1. The van der Waals surface area contributed by atoms with Crippen LogP contribution < -0.4 is 4.74 Å². The van der Waals surface area contributed by atoms with Gasteiger partial charge in [0.1, 0.15) is 10.6 Å². The minimum absolute atomic E-state index is 0.255. The standard InChI is InChI=1S/C12H9ClO3S/c1-7-6-8(2-3-9(7)13)16-11-5-4-10(17-11)12(14)15/h2-6H,1H3,(H,14,15). The van der Waals surface area contributed by atoms with E-state index in [2.05, 4.69) is 0 Å². The van der Waals surface area contributed by atoms with Crippen LogP contribution in [0, 0.1) is 6.92 Å². The molecule has 5 heteroatoms. The van der Waals surface area contributed by atoms with Crippen LogP contribution in [0.1, 0.15) is 15.2 Å². The predicted molar refractivity (Wildman–Crippen MR) is 67.5 cm³/mol. The van der Waals surface area contributed by atoms with Gasteiger partial charge in [-0.25, -0.2) is 4.79 Å². The molecule has 0 saturated carbocycles. The van der Waals surface area contributed by atoms with Gasteiger partial charge in [-0.2, -0.15) is 0 Å². The normalized spacial score (nSPS) is 10.2. The first kappa shape index (κ1) is 12.0. The van der Waals surface area contributed by atoms with Gasteiger partial charge in [-0.05, 0) is 42.8 Å². The van der Waals surface area contributed by atoms with Crippen LogP contribution in [0.2, 0.25) is 5.02 Å². The molecular weight excluding hydrogens is 260 g/mol. The fraction of sp³-hybridized carbons (Fsp3) is 0.0833. The molecule has 0 amide bonds. The third kappa shape index (κ3) is 2.78. The maximum Gasteiger partial charge on any atom is 0.345 e. The highest BCUT2D eigenvalue weighted by molar-refractivity contribution is 7.15. The summed E-state index contributed by atoms with van der Waals surface area (Å²) in [5.74, 6) is -0.303. The molecule has 1 aromatic heterocycles. The van der Waals surface area contributed by atoms with Crippen molar-refractivity contribution in [2.45, 2.75) is 6.92 Å². The van der Waals surface area contributed by atoms with E-state index in [0.29, 0.717) is 15.8 Å². The molecule has 0 saturated heterocycles. The van der Waals surface area contributed by atoms with Crippen LogP contribution >= 0.6 is 22.9 Å². The molecule has 0 spiro atoms. The first-order valence-electron chi connectivity index (χ1n) is 4.83. The number of aromatic carboxylic acids is 1. The number of carbonyl (C=O) groups is 1. The summed E-state index contributed by atoms with van der Waals surface area (Å²) >= 11 is 6.99. The molecule has 1 aromatic carbocycles. The van der Waals surface area contributed by atoms with Gasteiger partial charge in [-0.3, -0.25) is 0 Å². The molecular formula is C12H9ClO3S. The summed E-state index contributed by atoms with van der Waals surface area (Å²) in [6.45, 7) is 1.88. The van der Waals surface area contributed by atoms with E-state index in [0.717, 1.165) is 16.9 Å². The summed E-state index contributed by atoms with van der Waals surface area (Å²) < 4.78 is 5.54. The molecule has 0 aliphatic carbocycles. The number of ether oxygens (including phenoxy) is 1. The van der Waals surface area contributed by atoms with Crippen molar-refractivity contribution in [3.05, 3.63) is 45.8 Å². The largest absolute Gasteiger partial charge is 0.477 e. The second-order valence-corrected chi connectivity index (χ2v) is 4.89. The molecule has 2 aromatic rings. The number of halogens is 1. The van der Waals surface area contributed by atoms with E-state index in [-0.39, 0.29) is 4.88 Å². The minimum Gasteiger partial charge on any atom is -0.477 e. The molecule has 0 radical (unpaired) electrons. The molecule has 0 aliphatic heterocycles. The predicted octanol–water partition coefficient (Wildman–Crippen LogP) is 4.20. The van der Waals surface area contributed by atoms with Crippen LogP contribution in [-0.4, -0.2) is 11.1 Å². The molecule has 0 fully saturated rings. The molecule has 2 rings (SSSR count). The smallest absolute Gasteiger partial charge is 0.345 e. The zero-order valence-electron chi connectivity index (χ0n) is 8.94. The summed E-state index contributed by atoms with van der Waals surface area (Å²) in [5, 5.41) is 10.0. The number of carboxylic acid groups (broad SMARTS) is 1. The Morgan fingerprint density at radius 2 is 2.12 bits per heavy atom. The maximum absolute atomic E-state index is 10.7. The van der Waals surface area contributed by atoms with E-state index in [4.69, 9.17) is 21.4 Å². The molecule has 0 unspecified atom stereocenters. The Kier molecular flexibility index (Phi) is 3.36. The summed E-state index contributed by atoms with van der Waals surface area (Å²) in [7, 11) is 0. The second-order valence-electron chi connectivity index (χ2n) is 3.44. The molecule has 3 nitrogen and oxygen atoms in total. The van der Waals surface area contributed by atoms with Gasteiger partial charge in [0.25, 0.3) is 0 Å². The van der Waals surface area contributed by atoms with Gasteiger partial charge < -0.3 is 9.84 Å². The van der Waals surface area contributed by atoms with Gasteiger partial charge in [0.2, 0.25) is 0 Å². The minimum atomic E-state index is -0.947. The topological polar surface area (TPSA) is 46.5 Å². The third-order valence-corrected chi connectivity index (χ3v) is 3.52. The Bertz CT molecular complexity index is 563. The lowest BCUT2D eigenvalue weighted by Crippen LogP contribution is -1.89. The summed E-state index contributed by atoms with van der Waals surface area (Å²) in [5.41, 5.74) is 0.916. The van der Waals surface area contributed by atoms with Gasteiger partial charge in [-0.15, -0.1) is 0 Å². The first-order valence-corrected chi connectivity index (χ1v) is 6.03. The van der Waals surface area contributed by atoms with Crippen molar-refractivity contribution < 1.29 is 14.6 Å². The zero-order chi connectivity index (χ0) is 12.4. The van der Waals surface area contributed by atoms with Gasteiger partial charge >= 0.3 is 5.97 Å². The van der Waals surface area contributed by atoms with E-state index in [1.165, 1.54) is 6.07 Å². The lowest BCUT2D eigenvalue weighted by Gasteiger charge is -2.04. The van der Waals surface area contributed by atoms with Crippen LogP contribution in [0.3, 0.4) is 0 Å². The SMILES string of the molecule is Cc1cc(Oc2ccc(C(=O)O)s2)ccc1Cl. The van der Waals surface area contributed by atoms with Crippen LogP contribution in [0.4, 0.5) is 0 Å². The highest BCUT2D eigenvalue weighted by Crippen LogP contribution is 2.31. The van der Waals surface area contributed by atoms with Crippen molar-refractivity contribution >= 4 is 28.9 Å². The fourth-order valence-electron chi connectivity index (χ4n) is 1.29. The first-order chi connectivity index (χ1) is 8.06. The number of hydrogen-bond acceptors (Lipinski definition) is 3. The van der Waals surface area contributed by atoms with Crippen molar-refractivity contribution in [1.29, 1.82) is 0 Å². The average molecular weight is 269 g/mol. The Balaban J connectivity index is 2.19. The van der Waals surface area contributed by atoms with Crippen LogP contribution in [0.15, 0.2) is 30.3 Å². The van der Waals surface area contributed by atoms with E-state index in [9.17, 15) is 4.79 Å². The zero-order valence-corrected chi connectivity index (χ0v) is 10.5. The van der Waals surface area contributed by atoms with Gasteiger partial charge in [0.15, 0.2) is 5.06 Å². The van der Waals surface area contributed by atoms with E-state index < -0.39 is 5.97 Å². The maximum atomic E-state index is 10.7. The lowest BCUT2D eigenvalue weighted by molar-refractivity contribution is 0.0702. The van der Waals surface area contributed by atoms with E-state index in [1.54, 1.807) is 18.2 Å². The molecule has 0 atom stereocenters. The number of hydrogen-bond donors (Lipinski definition) is 1. The molecule has 1 N–H and O–H groups in total. The molecule has 0 aliphatic rings. The van der Waals surface area contributed by atoms with Crippen molar-refractivity contribution in [2.75, 3.05) is 0 Å². The fourth-order valence-corrected chi connectivity index (χ4v) is 2.12. The van der Waals surface area contributed by atoms with E-state index in [1.807, 2.05) is 13.0 Å². The van der Waals surface area contributed by atoms with Gasteiger partial charge in [-0.1, -0.05) is 22.9 Å². The Morgan fingerprint density at radius 3 is 2.71 bits per heavy atom. The lowest BCUT2D eigenvalue weighted by atomic mass is 10.2. The van der Waals surface area contributed by atoms with Crippen LogP contribution in [0.25, 0.3) is 0 Å². The number of benzene rings is 1. The van der Waals surface area contributed by atoms with E-state index >= 15 is 0 Å². The highest BCUT2D eigenvalue weighted by atomic mass is 35.5. The van der Waals surface area contributed by atoms with Gasteiger partial charge in [0, 0.05) is 5.02 Å². The van der Waals surface area contributed by atoms with Crippen molar-refractivity contribution in [1.82, 2.24) is 0 Å². The summed E-state index contributed by atoms with van der Waals surface area (Å²) in [6.07, 6.45) is 0. The molecule has 0 bridgehead atoms. The quantitative estimate of drug-likeness (QED) is 0.907. The van der Waals surface area contributed by atoms with Crippen LogP contribution in [-0.2, 0) is 0 Å². The highest BCUT2D eigenvalue weighted by Gasteiger charge is 2.08. The summed E-state index contributed by atoms with van der Waals surface area (Å²) in [6, 6.07) is 8.46. The molecule has 88 valence electrons. The monoisotopic (exact) mass is 268 g/mol. The number of thiophene rings is 1. The Labute approximate surface area is 107 Å². The molecule has 17 heavy (non-hydrogen) atoms. The van der Waals surface area contributed by atoms with Crippen molar-refractivity contribution in [2.24, 2.45) is 0 Å². The Morgan fingerprint density at radius 1 is 1.35 bits per heavy atom. The number of aryl methyl sites for hydroxylation is 1. The van der Waals surface area contributed by atoms with Crippen LogP contribution in [0.5, 0.6) is 10.8 Å². The third-order valence-electron chi connectivity index (χ3n) is 2.14. The molecule has 1 heterocycles. The van der Waals surface area contributed by atoms with Crippen molar-refractivity contribution in [3.8, 4) is 10.8 Å². The van der Waals surface area contributed by atoms with Crippen molar-refractivity contribution in [3.63, 3.8) is 0 Å².